The third kappa shape index (κ3) is 4.19. The summed E-state index contributed by atoms with van der Waals surface area (Å²) in [5.41, 5.74) is 0. The van der Waals surface area contributed by atoms with Gasteiger partial charge in [-0.2, -0.15) is 0 Å². The summed E-state index contributed by atoms with van der Waals surface area (Å²) in [5, 5.41) is 0. The lowest BCUT2D eigenvalue weighted by Crippen LogP contribution is -2.15. The Bertz CT molecular complexity index is 115. The van der Waals surface area contributed by atoms with Gasteiger partial charge in [-0.15, -0.1) is 0 Å². The van der Waals surface area contributed by atoms with E-state index in [-0.39, 0.29) is 11.9 Å². The number of hydrogen-bond acceptors (Lipinski definition) is 2. The van der Waals surface area contributed by atoms with Crippen molar-refractivity contribution in [3.63, 3.8) is 0 Å². The van der Waals surface area contributed by atoms with E-state index in [1.54, 1.807) is 0 Å². The topological polar surface area (TPSA) is 26.3 Å². The van der Waals surface area contributed by atoms with Gasteiger partial charge in [0.25, 0.3) is 5.97 Å². The van der Waals surface area contributed by atoms with Gasteiger partial charge in [-0.25, -0.2) is 0 Å². The lowest BCUT2D eigenvalue weighted by atomic mass is 10.00. The van der Waals surface area contributed by atoms with Gasteiger partial charge in [-0.05, 0) is 12.8 Å². The number of unbranched alkanes of at least 4 members (excludes halogenated alkanes) is 1. The summed E-state index contributed by atoms with van der Waals surface area (Å²) in [4.78, 5) is 11.0. The summed E-state index contributed by atoms with van der Waals surface area (Å²) in [6.45, 7) is 4.12. The first kappa shape index (κ1) is 10.7. The van der Waals surface area contributed by atoms with E-state index in [0.717, 1.165) is 25.7 Å². The van der Waals surface area contributed by atoms with Crippen LogP contribution in [0.5, 0.6) is 0 Å². The minimum Gasteiger partial charge on any atom is -0.516 e. The van der Waals surface area contributed by atoms with Gasteiger partial charge < -0.3 is 4.43 Å². The Hall–Kier alpha value is -0.313. The molecule has 1 atom stereocenters. The molecule has 0 aliphatic rings. The molecular weight excluding hydrogens is 156 g/mol. The molecule has 0 bridgehead atoms. The summed E-state index contributed by atoms with van der Waals surface area (Å²) < 4.78 is 4.47. The summed E-state index contributed by atoms with van der Waals surface area (Å²) >= 11 is 0. The largest absolute Gasteiger partial charge is 0.516 e. The molecule has 0 heterocycles. The quantitative estimate of drug-likeness (QED) is 0.590. The van der Waals surface area contributed by atoms with E-state index in [0.29, 0.717) is 0 Å². The highest BCUT2D eigenvalue weighted by molar-refractivity contribution is 6.05. The SMILES string of the molecule is CCCCC(CC)C(=O)O[Si]. The molecule has 3 radical (unpaired) electrons. The van der Waals surface area contributed by atoms with E-state index in [9.17, 15) is 4.79 Å². The van der Waals surface area contributed by atoms with Crippen LogP contribution in [0.3, 0.4) is 0 Å². The van der Waals surface area contributed by atoms with Gasteiger partial charge in [-0.3, -0.25) is 4.79 Å². The summed E-state index contributed by atoms with van der Waals surface area (Å²) in [7, 11) is 2.74. The van der Waals surface area contributed by atoms with Crippen molar-refractivity contribution in [2.45, 2.75) is 39.5 Å². The van der Waals surface area contributed by atoms with Gasteiger partial charge in [-0.1, -0.05) is 26.7 Å². The fraction of sp³-hybridized carbons (Fsp3) is 0.875. The monoisotopic (exact) mass is 171 g/mol. The Kier molecular flexibility index (Phi) is 6.22. The molecule has 0 aromatic heterocycles. The van der Waals surface area contributed by atoms with Crippen molar-refractivity contribution in [1.82, 2.24) is 0 Å². The van der Waals surface area contributed by atoms with Crippen molar-refractivity contribution in [3.05, 3.63) is 0 Å². The third-order valence-electron chi connectivity index (χ3n) is 1.83. The molecule has 0 aliphatic heterocycles. The second-order valence-electron chi connectivity index (χ2n) is 2.67. The molecule has 0 N–H and O–H groups in total. The number of carbonyl (C=O) groups is 1. The minimum atomic E-state index is -0.141. The highest BCUT2D eigenvalue weighted by Crippen LogP contribution is 2.13. The highest BCUT2D eigenvalue weighted by Gasteiger charge is 2.14. The van der Waals surface area contributed by atoms with Crippen LogP contribution in [-0.4, -0.2) is 16.5 Å². The third-order valence-corrected chi connectivity index (χ3v) is 2.03. The maximum absolute atomic E-state index is 11.0. The van der Waals surface area contributed by atoms with Gasteiger partial charge in [0.05, 0.1) is 5.92 Å². The minimum absolute atomic E-state index is 0.0763. The zero-order valence-electron chi connectivity index (χ0n) is 7.22. The second kappa shape index (κ2) is 6.40. The van der Waals surface area contributed by atoms with Crippen molar-refractivity contribution < 1.29 is 9.22 Å². The van der Waals surface area contributed by atoms with Crippen molar-refractivity contribution in [3.8, 4) is 0 Å². The Labute approximate surface area is 71.9 Å². The van der Waals surface area contributed by atoms with Crippen LogP contribution < -0.4 is 0 Å². The maximum Gasteiger partial charge on any atom is 0.345 e. The van der Waals surface area contributed by atoms with E-state index in [1.807, 2.05) is 6.92 Å². The van der Waals surface area contributed by atoms with Crippen molar-refractivity contribution in [1.29, 1.82) is 0 Å². The van der Waals surface area contributed by atoms with E-state index < -0.39 is 0 Å². The predicted molar refractivity (Wildman–Crippen MR) is 45.2 cm³/mol. The van der Waals surface area contributed by atoms with Gasteiger partial charge in [0.1, 0.15) is 0 Å². The molecule has 0 saturated heterocycles. The average Bonchev–Trinajstić information content (AvgIpc) is 2.05. The van der Waals surface area contributed by atoms with E-state index in [1.165, 1.54) is 0 Å². The highest BCUT2D eigenvalue weighted by atomic mass is 28.2. The average molecular weight is 171 g/mol. The molecule has 3 heteroatoms. The van der Waals surface area contributed by atoms with Crippen LogP contribution in [0, 0.1) is 5.92 Å². The van der Waals surface area contributed by atoms with E-state index in [2.05, 4.69) is 21.8 Å². The molecule has 1 unspecified atom stereocenters. The molecule has 0 amide bonds. The Morgan fingerprint density at radius 1 is 1.55 bits per heavy atom. The fourth-order valence-electron chi connectivity index (χ4n) is 1.02. The van der Waals surface area contributed by atoms with Crippen LogP contribution in [0.1, 0.15) is 39.5 Å². The van der Waals surface area contributed by atoms with Crippen LogP contribution in [-0.2, 0) is 9.22 Å². The Morgan fingerprint density at radius 2 is 2.18 bits per heavy atom. The summed E-state index contributed by atoms with van der Waals surface area (Å²) in [6, 6.07) is 0. The van der Waals surface area contributed by atoms with Gasteiger partial charge in [0.15, 0.2) is 0 Å². The molecule has 2 nitrogen and oxygen atoms in total. The van der Waals surface area contributed by atoms with Crippen molar-refractivity contribution in [2.75, 3.05) is 0 Å². The molecule has 0 rings (SSSR count). The lowest BCUT2D eigenvalue weighted by molar-refractivity contribution is -0.138. The number of hydrogen-bond donors (Lipinski definition) is 0. The lowest BCUT2D eigenvalue weighted by Gasteiger charge is -2.10. The predicted octanol–water partition coefficient (Wildman–Crippen LogP) is 1.83. The molecule has 0 aromatic carbocycles. The van der Waals surface area contributed by atoms with Crippen LogP contribution in [0.25, 0.3) is 0 Å². The standard InChI is InChI=1S/C8H15O2Si/c1-3-5-6-7(4-2)8(9)10-11/h7H,3-6H2,1-2H3. The summed E-state index contributed by atoms with van der Waals surface area (Å²) in [5.74, 6) is -0.0648. The Morgan fingerprint density at radius 3 is 2.55 bits per heavy atom. The number of rotatable bonds is 5. The van der Waals surface area contributed by atoms with E-state index >= 15 is 0 Å². The maximum atomic E-state index is 11.0. The van der Waals surface area contributed by atoms with Crippen LogP contribution in [0.15, 0.2) is 0 Å². The first-order valence-electron chi connectivity index (χ1n) is 4.13. The van der Waals surface area contributed by atoms with E-state index in [4.69, 9.17) is 0 Å². The van der Waals surface area contributed by atoms with Crippen molar-refractivity contribution >= 4 is 16.5 Å². The number of carbonyl (C=O) groups excluding carboxylic acids is 1. The van der Waals surface area contributed by atoms with Crippen LogP contribution >= 0.6 is 0 Å². The molecule has 63 valence electrons. The van der Waals surface area contributed by atoms with Crippen molar-refractivity contribution in [2.24, 2.45) is 5.92 Å². The zero-order chi connectivity index (χ0) is 8.69. The summed E-state index contributed by atoms with van der Waals surface area (Å²) in [6.07, 6.45) is 4.03. The molecule has 0 spiro atoms. The smallest absolute Gasteiger partial charge is 0.345 e. The molecule has 0 aromatic rings. The molecular formula is C8H15O2Si. The molecule has 0 aliphatic carbocycles. The second-order valence-corrected chi connectivity index (χ2v) is 2.87. The molecule has 11 heavy (non-hydrogen) atoms. The van der Waals surface area contributed by atoms with Crippen LogP contribution in [0.4, 0.5) is 0 Å². The van der Waals surface area contributed by atoms with Gasteiger partial charge >= 0.3 is 10.5 Å². The Balaban J connectivity index is 3.65. The van der Waals surface area contributed by atoms with Gasteiger partial charge in [0.2, 0.25) is 0 Å². The zero-order valence-corrected chi connectivity index (χ0v) is 8.22. The molecule has 0 fully saturated rings. The molecule has 0 saturated carbocycles. The first-order chi connectivity index (χ1) is 5.26. The fourth-order valence-corrected chi connectivity index (χ4v) is 1.19. The first-order valence-corrected chi connectivity index (χ1v) is 4.54. The normalized spacial score (nSPS) is 12.6. The van der Waals surface area contributed by atoms with Crippen LogP contribution in [0.2, 0.25) is 0 Å². The van der Waals surface area contributed by atoms with Gasteiger partial charge in [0, 0.05) is 0 Å².